The molecule has 55 heavy (non-hydrogen) atoms. The molecule has 2 heterocycles. The zero-order valence-corrected chi connectivity index (χ0v) is 30.6. The number of aromatic nitrogens is 3. The normalized spacial score (nSPS) is 12.9. The van der Waals surface area contributed by atoms with Crippen LogP contribution in [0, 0.1) is 0 Å². The van der Waals surface area contributed by atoms with Crippen molar-refractivity contribution in [2.45, 2.75) is 5.41 Å². The molecule has 0 spiro atoms. The van der Waals surface area contributed by atoms with Crippen LogP contribution >= 0.6 is 11.3 Å². The van der Waals surface area contributed by atoms with Crippen molar-refractivity contribution >= 4 is 31.5 Å². The molecule has 258 valence electrons. The van der Waals surface area contributed by atoms with E-state index in [0.717, 1.165) is 28.5 Å². The summed E-state index contributed by atoms with van der Waals surface area (Å²) in [6.07, 6.45) is 0. The van der Waals surface area contributed by atoms with Crippen LogP contribution in [0.5, 0.6) is 0 Å². The second kappa shape index (κ2) is 12.6. The Hall–Kier alpha value is -6.88. The molecule has 0 aliphatic heterocycles. The van der Waals surface area contributed by atoms with Crippen molar-refractivity contribution in [2.24, 2.45) is 0 Å². The lowest BCUT2D eigenvalue weighted by atomic mass is 9.67. The topological polar surface area (TPSA) is 30.7 Å². The van der Waals surface area contributed by atoms with Crippen molar-refractivity contribution in [1.82, 2.24) is 14.8 Å². The molecule has 0 N–H and O–H groups in total. The number of para-hydroxylation sites is 1. The Morgan fingerprint density at radius 2 is 0.945 bits per heavy atom. The average Bonchev–Trinajstić information content (AvgIpc) is 3.96. The molecule has 0 unspecified atom stereocenters. The van der Waals surface area contributed by atoms with Crippen LogP contribution < -0.4 is 0 Å². The Balaban J connectivity index is 1.08. The van der Waals surface area contributed by atoms with Gasteiger partial charge < -0.3 is 0 Å². The van der Waals surface area contributed by atoms with Gasteiger partial charge in [-0.25, -0.2) is 0 Å². The van der Waals surface area contributed by atoms with E-state index in [-0.39, 0.29) is 0 Å². The van der Waals surface area contributed by atoms with E-state index in [9.17, 15) is 0 Å². The third-order valence-corrected chi connectivity index (χ3v) is 12.5. The Kier molecular flexibility index (Phi) is 7.26. The molecule has 2 aromatic heterocycles. The van der Waals surface area contributed by atoms with Crippen LogP contribution in [0.1, 0.15) is 22.3 Å². The molecule has 1 aliphatic carbocycles. The van der Waals surface area contributed by atoms with Gasteiger partial charge in [-0.15, -0.1) is 21.5 Å². The summed E-state index contributed by atoms with van der Waals surface area (Å²) in [5, 5.41) is 12.5. The molecule has 0 amide bonds. The number of hydrogen-bond donors (Lipinski definition) is 0. The summed E-state index contributed by atoms with van der Waals surface area (Å²) in [6.45, 7) is 0. The fourth-order valence-corrected chi connectivity index (χ4v) is 10.1. The van der Waals surface area contributed by atoms with Crippen LogP contribution in [0.15, 0.2) is 200 Å². The van der Waals surface area contributed by atoms with E-state index in [1.165, 1.54) is 64.7 Å². The van der Waals surface area contributed by atoms with Crippen molar-refractivity contribution < 1.29 is 0 Å². The Morgan fingerprint density at radius 1 is 0.400 bits per heavy atom. The average molecular weight is 720 g/mol. The summed E-state index contributed by atoms with van der Waals surface area (Å²) in [5.74, 6) is 1.60. The molecule has 10 aromatic rings. The maximum Gasteiger partial charge on any atom is 0.168 e. The first-order chi connectivity index (χ1) is 27.3. The Morgan fingerprint density at radius 3 is 1.69 bits per heavy atom. The highest BCUT2D eigenvalue weighted by atomic mass is 32.1. The molecular formula is C51H33N3S. The molecule has 1 aliphatic rings. The molecule has 8 aromatic carbocycles. The number of fused-ring (bicyclic) bond motifs is 6. The number of nitrogens with zero attached hydrogens (tertiary/aromatic N) is 3. The van der Waals surface area contributed by atoms with Gasteiger partial charge in [-0.3, -0.25) is 4.57 Å². The van der Waals surface area contributed by atoms with E-state index >= 15 is 0 Å². The van der Waals surface area contributed by atoms with Crippen molar-refractivity contribution in [2.75, 3.05) is 0 Å². The number of rotatable bonds is 6. The molecule has 0 saturated heterocycles. The molecule has 0 atom stereocenters. The molecule has 3 nitrogen and oxygen atoms in total. The van der Waals surface area contributed by atoms with E-state index in [1.807, 2.05) is 11.3 Å². The maximum absolute atomic E-state index is 4.97. The van der Waals surface area contributed by atoms with Crippen molar-refractivity contribution in [3.8, 4) is 50.7 Å². The summed E-state index contributed by atoms with van der Waals surface area (Å²) in [6, 6.07) is 72.2. The van der Waals surface area contributed by atoms with E-state index < -0.39 is 5.41 Å². The molecular weight excluding hydrogens is 687 g/mol. The van der Waals surface area contributed by atoms with Crippen LogP contribution in [0.2, 0.25) is 0 Å². The van der Waals surface area contributed by atoms with E-state index in [4.69, 9.17) is 10.2 Å². The number of hydrogen-bond acceptors (Lipinski definition) is 3. The minimum absolute atomic E-state index is 0.502. The first-order valence-corrected chi connectivity index (χ1v) is 19.5. The van der Waals surface area contributed by atoms with Gasteiger partial charge in [0.05, 0.1) is 5.41 Å². The SMILES string of the molecule is c1ccc(-n2c(-c3ccc(-c4cccc5c4sc4ccccc45)cc3)nnc2-c2ccc3c(c2)C(c2ccccc2)(c2ccccc2)c2ccccc2-3)cc1. The summed E-state index contributed by atoms with van der Waals surface area (Å²) in [5.41, 5.74) is 12.5. The summed E-state index contributed by atoms with van der Waals surface area (Å²) in [7, 11) is 0. The van der Waals surface area contributed by atoms with Gasteiger partial charge in [0.2, 0.25) is 0 Å². The standard InChI is InChI=1S/C51H33N3S/c1-4-15-37(16-5-1)51(38-17-6-2-7-18-38)45-25-12-10-21-41(45)42-32-31-36(33-46(42)51)50-53-52-49(54(50)39-19-8-3-9-20-39)35-29-27-34(28-30-35)40-23-14-24-44-43-22-11-13-26-47(43)55-48(40)44/h1-33H. The summed E-state index contributed by atoms with van der Waals surface area (Å²) >= 11 is 1.86. The maximum atomic E-state index is 4.97. The zero-order chi connectivity index (χ0) is 36.3. The largest absolute Gasteiger partial charge is 0.275 e. The monoisotopic (exact) mass is 719 g/mol. The van der Waals surface area contributed by atoms with Gasteiger partial charge in [0.15, 0.2) is 11.6 Å². The molecule has 0 radical (unpaired) electrons. The smallest absolute Gasteiger partial charge is 0.168 e. The lowest BCUT2D eigenvalue weighted by Crippen LogP contribution is -2.28. The van der Waals surface area contributed by atoms with Crippen LogP contribution in [0.4, 0.5) is 0 Å². The molecule has 0 saturated carbocycles. The lowest BCUT2D eigenvalue weighted by molar-refractivity contribution is 0.768. The molecule has 11 rings (SSSR count). The van der Waals surface area contributed by atoms with Crippen LogP contribution in [0.25, 0.3) is 70.9 Å². The fourth-order valence-electron chi connectivity index (χ4n) is 8.84. The highest BCUT2D eigenvalue weighted by Crippen LogP contribution is 2.56. The number of benzene rings is 8. The molecule has 4 heteroatoms. The lowest BCUT2D eigenvalue weighted by Gasteiger charge is -2.34. The van der Waals surface area contributed by atoms with Gasteiger partial charge >= 0.3 is 0 Å². The zero-order valence-electron chi connectivity index (χ0n) is 29.8. The number of thiophene rings is 1. The minimum Gasteiger partial charge on any atom is -0.275 e. The van der Waals surface area contributed by atoms with E-state index in [1.54, 1.807) is 0 Å². The van der Waals surface area contributed by atoms with E-state index in [2.05, 4.69) is 205 Å². The first-order valence-electron chi connectivity index (χ1n) is 18.7. The predicted molar refractivity (Wildman–Crippen MR) is 228 cm³/mol. The molecule has 0 bridgehead atoms. The first kappa shape index (κ1) is 31.6. The van der Waals surface area contributed by atoms with E-state index in [0.29, 0.717) is 0 Å². The van der Waals surface area contributed by atoms with Gasteiger partial charge in [-0.1, -0.05) is 176 Å². The second-order valence-electron chi connectivity index (χ2n) is 14.2. The minimum atomic E-state index is -0.502. The van der Waals surface area contributed by atoms with Gasteiger partial charge in [-0.05, 0) is 68.8 Å². The van der Waals surface area contributed by atoms with Gasteiger partial charge in [-0.2, -0.15) is 0 Å². The van der Waals surface area contributed by atoms with Crippen molar-refractivity contribution in [3.63, 3.8) is 0 Å². The Bertz CT molecular complexity index is 2980. The summed E-state index contributed by atoms with van der Waals surface area (Å²) in [4.78, 5) is 0. The van der Waals surface area contributed by atoms with Gasteiger partial charge in [0, 0.05) is 37.0 Å². The van der Waals surface area contributed by atoms with Crippen molar-refractivity contribution in [3.05, 3.63) is 222 Å². The second-order valence-corrected chi connectivity index (χ2v) is 15.2. The molecule has 0 fully saturated rings. The Labute approximate surface area is 323 Å². The third kappa shape index (κ3) is 4.82. The fraction of sp³-hybridized carbons (Fsp3) is 0.0196. The van der Waals surface area contributed by atoms with Crippen LogP contribution in [-0.2, 0) is 5.41 Å². The third-order valence-electron chi connectivity index (χ3n) is 11.3. The predicted octanol–water partition coefficient (Wildman–Crippen LogP) is 13.0. The van der Waals surface area contributed by atoms with Crippen LogP contribution in [0.3, 0.4) is 0 Å². The van der Waals surface area contributed by atoms with Gasteiger partial charge in [0.25, 0.3) is 0 Å². The highest BCUT2D eigenvalue weighted by molar-refractivity contribution is 7.26. The van der Waals surface area contributed by atoms with Gasteiger partial charge in [0.1, 0.15) is 0 Å². The quantitative estimate of drug-likeness (QED) is 0.171. The van der Waals surface area contributed by atoms with Crippen molar-refractivity contribution in [1.29, 1.82) is 0 Å². The highest BCUT2D eigenvalue weighted by Gasteiger charge is 2.46. The van der Waals surface area contributed by atoms with Crippen LogP contribution in [-0.4, -0.2) is 14.8 Å². The summed E-state index contributed by atoms with van der Waals surface area (Å²) < 4.78 is 4.83.